The van der Waals surface area contributed by atoms with Crippen LogP contribution in [0.1, 0.15) is 12.5 Å². The van der Waals surface area contributed by atoms with Gasteiger partial charge in [-0.2, -0.15) is 0 Å². The van der Waals surface area contributed by atoms with Crippen molar-refractivity contribution in [3.8, 4) is 17.2 Å². The van der Waals surface area contributed by atoms with Gasteiger partial charge in [0.05, 0.1) is 27.9 Å². The quantitative estimate of drug-likeness (QED) is 0.742. The predicted octanol–water partition coefficient (Wildman–Crippen LogP) is 0.938. The number of amides is 1. The van der Waals surface area contributed by atoms with Crippen LogP contribution in [0.3, 0.4) is 0 Å². The second-order valence-corrected chi connectivity index (χ2v) is 4.05. The van der Waals surface area contributed by atoms with Gasteiger partial charge in [-0.25, -0.2) is 0 Å². The van der Waals surface area contributed by atoms with E-state index in [1.165, 1.54) is 0 Å². The summed E-state index contributed by atoms with van der Waals surface area (Å²) in [6, 6.07) is 3.69. The van der Waals surface area contributed by atoms with Crippen molar-refractivity contribution in [3.63, 3.8) is 0 Å². The van der Waals surface area contributed by atoms with Crippen LogP contribution >= 0.6 is 0 Å². The van der Waals surface area contributed by atoms with E-state index < -0.39 is 0 Å². The van der Waals surface area contributed by atoms with Crippen molar-refractivity contribution in [1.82, 2.24) is 10.6 Å². The topological polar surface area (TPSA) is 68.8 Å². The van der Waals surface area contributed by atoms with Gasteiger partial charge in [-0.1, -0.05) is 6.07 Å². The first-order valence-corrected chi connectivity index (χ1v) is 6.43. The van der Waals surface area contributed by atoms with E-state index in [4.69, 9.17) is 14.2 Å². The Bertz CT molecular complexity index is 449. The van der Waals surface area contributed by atoms with E-state index in [0.717, 1.165) is 5.56 Å². The van der Waals surface area contributed by atoms with Crippen LogP contribution in [-0.4, -0.2) is 40.3 Å². The molecule has 20 heavy (non-hydrogen) atoms. The molecule has 112 valence electrons. The molecule has 0 unspecified atom stereocenters. The van der Waals surface area contributed by atoms with Gasteiger partial charge < -0.3 is 24.8 Å². The maximum absolute atomic E-state index is 11.4. The molecule has 0 aliphatic heterocycles. The number of carbonyl (C=O) groups is 1. The number of rotatable bonds is 8. The minimum atomic E-state index is -0.0352. The molecule has 0 radical (unpaired) electrons. The summed E-state index contributed by atoms with van der Waals surface area (Å²) in [6.07, 6.45) is 0. The first-order valence-electron chi connectivity index (χ1n) is 6.43. The van der Waals surface area contributed by atoms with Crippen LogP contribution in [-0.2, 0) is 11.3 Å². The van der Waals surface area contributed by atoms with Crippen LogP contribution in [0.2, 0.25) is 0 Å². The fourth-order valence-corrected chi connectivity index (χ4v) is 1.87. The van der Waals surface area contributed by atoms with Crippen molar-refractivity contribution in [1.29, 1.82) is 0 Å². The molecule has 0 saturated carbocycles. The van der Waals surface area contributed by atoms with Crippen LogP contribution in [0.5, 0.6) is 17.2 Å². The first-order chi connectivity index (χ1) is 9.67. The normalized spacial score (nSPS) is 10.0. The minimum absolute atomic E-state index is 0.0352. The van der Waals surface area contributed by atoms with Crippen LogP contribution < -0.4 is 24.8 Å². The van der Waals surface area contributed by atoms with Crippen LogP contribution in [0.15, 0.2) is 12.1 Å². The zero-order valence-corrected chi connectivity index (χ0v) is 12.4. The molecule has 1 aromatic rings. The number of ether oxygens (including phenoxy) is 3. The van der Waals surface area contributed by atoms with Gasteiger partial charge in [-0.15, -0.1) is 0 Å². The van der Waals surface area contributed by atoms with E-state index in [1.54, 1.807) is 21.3 Å². The Morgan fingerprint density at radius 3 is 2.35 bits per heavy atom. The highest BCUT2D eigenvalue weighted by Gasteiger charge is 2.15. The zero-order chi connectivity index (χ0) is 15.0. The Morgan fingerprint density at radius 1 is 1.10 bits per heavy atom. The Labute approximate surface area is 119 Å². The lowest BCUT2D eigenvalue weighted by atomic mass is 10.1. The molecule has 0 bridgehead atoms. The van der Waals surface area contributed by atoms with Crippen molar-refractivity contribution in [2.75, 3.05) is 34.4 Å². The largest absolute Gasteiger partial charge is 0.493 e. The van der Waals surface area contributed by atoms with E-state index in [-0.39, 0.29) is 12.5 Å². The summed E-state index contributed by atoms with van der Waals surface area (Å²) >= 11 is 0. The summed E-state index contributed by atoms with van der Waals surface area (Å²) in [6.45, 7) is 3.27. The third-order valence-electron chi connectivity index (χ3n) is 2.76. The lowest BCUT2D eigenvalue weighted by molar-refractivity contribution is -0.120. The van der Waals surface area contributed by atoms with Gasteiger partial charge in [0.25, 0.3) is 0 Å². The van der Waals surface area contributed by atoms with Gasteiger partial charge in [-0.3, -0.25) is 4.79 Å². The van der Waals surface area contributed by atoms with Gasteiger partial charge in [0.15, 0.2) is 11.5 Å². The second kappa shape index (κ2) is 8.27. The Morgan fingerprint density at radius 2 is 1.80 bits per heavy atom. The van der Waals surface area contributed by atoms with E-state index in [9.17, 15) is 4.79 Å². The number of likely N-dealkylation sites (N-methyl/N-ethyl adjacent to an activating group) is 1. The molecule has 0 spiro atoms. The summed E-state index contributed by atoms with van der Waals surface area (Å²) in [5.74, 6) is 1.73. The van der Waals surface area contributed by atoms with Gasteiger partial charge in [0.1, 0.15) is 0 Å². The van der Waals surface area contributed by atoms with Crippen molar-refractivity contribution >= 4 is 5.91 Å². The highest BCUT2D eigenvalue weighted by molar-refractivity contribution is 5.77. The maximum Gasteiger partial charge on any atom is 0.233 e. The first kappa shape index (κ1) is 16.1. The third kappa shape index (κ3) is 4.03. The van der Waals surface area contributed by atoms with Gasteiger partial charge >= 0.3 is 0 Å². The molecular formula is C14H22N2O4. The second-order valence-electron chi connectivity index (χ2n) is 4.05. The summed E-state index contributed by atoms with van der Waals surface area (Å²) < 4.78 is 15.9. The molecule has 0 atom stereocenters. The average molecular weight is 282 g/mol. The summed E-state index contributed by atoms with van der Waals surface area (Å²) in [5, 5.41) is 5.79. The monoisotopic (exact) mass is 282 g/mol. The molecule has 6 heteroatoms. The number of benzene rings is 1. The SMILES string of the molecule is CCNC(=O)CNCc1ccc(OC)c(OC)c1OC. The summed E-state index contributed by atoms with van der Waals surface area (Å²) in [7, 11) is 4.71. The van der Waals surface area contributed by atoms with Crippen LogP contribution in [0, 0.1) is 0 Å². The minimum Gasteiger partial charge on any atom is -0.493 e. The zero-order valence-electron chi connectivity index (χ0n) is 12.4. The van der Waals surface area contributed by atoms with E-state index >= 15 is 0 Å². The lowest BCUT2D eigenvalue weighted by Crippen LogP contribution is -2.33. The predicted molar refractivity (Wildman–Crippen MR) is 76.5 cm³/mol. The molecule has 6 nitrogen and oxygen atoms in total. The summed E-state index contributed by atoms with van der Waals surface area (Å²) in [5.41, 5.74) is 0.898. The van der Waals surface area contributed by atoms with E-state index in [0.29, 0.717) is 30.3 Å². The van der Waals surface area contributed by atoms with Gasteiger partial charge in [0, 0.05) is 18.7 Å². The molecule has 0 heterocycles. The van der Waals surface area contributed by atoms with Gasteiger partial charge in [-0.05, 0) is 13.0 Å². The molecule has 1 rings (SSSR count). The molecule has 1 aromatic carbocycles. The highest BCUT2D eigenvalue weighted by Crippen LogP contribution is 2.39. The standard InChI is InChI=1S/C14H22N2O4/c1-5-16-12(17)9-15-8-10-6-7-11(18-2)14(20-4)13(10)19-3/h6-7,15H,5,8-9H2,1-4H3,(H,16,17). The lowest BCUT2D eigenvalue weighted by Gasteiger charge is -2.16. The third-order valence-corrected chi connectivity index (χ3v) is 2.76. The average Bonchev–Trinajstić information content (AvgIpc) is 2.46. The summed E-state index contributed by atoms with van der Waals surface area (Å²) in [4.78, 5) is 11.4. The Balaban J connectivity index is 2.77. The molecule has 0 aromatic heterocycles. The van der Waals surface area contributed by atoms with Crippen molar-refractivity contribution in [2.24, 2.45) is 0 Å². The van der Waals surface area contributed by atoms with Crippen LogP contribution in [0.25, 0.3) is 0 Å². The molecule has 0 aliphatic carbocycles. The van der Waals surface area contributed by atoms with Gasteiger partial charge in [0.2, 0.25) is 11.7 Å². The fraction of sp³-hybridized carbons (Fsp3) is 0.500. The molecule has 1 amide bonds. The number of hydrogen-bond donors (Lipinski definition) is 2. The highest BCUT2D eigenvalue weighted by atomic mass is 16.5. The molecule has 0 fully saturated rings. The van der Waals surface area contributed by atoms with E-state index in [1.807, 2.05) is 19.1 Å². The van der Waals surface area contributed by atoms with Crippen LogP contribution in [0.4, 0.5) is 0 Å². The number of carbonyl (C=O) groups excluding carboxylic acids is 1. The number of nitrogens with one attached hydrogen (secondary N) is 2. The number of methoxy groups -OCH3 is 3. The Kier molecular flexibility index (Phi) is 6.66. The Hall–Kier alpha value is -1.95. The fourth-order valence-electron chi connectivity index (χ4n) is 1.87. The smallest absolute Gasteiger partial charge is 0.233 e. The maximum atomic E-state index is 11.4. The van der Waals surface area contributed by atoms with Crippen molar-refractivity contribution in [2.45, 2.75) is 13.5 Å². The number of hydrogen-bond acceptors (Lipinski definition) is 5. The van der Waals surface area contributed by atoms with Crippen molar-refractivity contribution < 1.29 is 19.0 Å². The molecule has 0 aliphatic rings. The molecule has 0 saturated heterocycles. The molecule has 2 N–H and O–H groups in total. The van der Waals surface area contributed by atoms with Crippen molar-refractivity contribution in [3.05, 3.63) is 17.7 Å². The van der Waals surface area contributed by atoms with E-state index in [2.05, 4.69) is 10.6 Å². The molecular weight excluding hydrogens is 260 g/mol.